The summed E-state index contributed by atoms with van der Waals surface area (Å²) in [5.41, 5.74) is 4.59. The molecule has 0 spiro atoms. The Balaban J connectivity index is 2.78. The van der Waals surface area contributed by atoms with Crippen molar-refractivity contribution in [2.24, 2.45) is 11.1 Å². The molecular weight excluding hydrogens is 162 g/mol. The maximum Gasteiger partial charge on any atom is 0.311 e. The minimum Gasteiger partial charge on any atom is -0.481 e. The third-order valence-corrected chi connectivity index (χ3v) is 3.94. The van der Waals surface area contributed by atoms with Gasteiger partial charge in [0.1, 0.15) is 0 Å². The van der Waals surface area contributed by atoms with Crippen molar-refractivity contribution in [3.05, 3.63) is 0 Å². The van der Waals surface area contributed by atoms with Crippen LogP contribution in [0.5, 0.6) is 0 Å². The van der Waals surface area contributed by atoms with Crippen molar-refractivity contribution < 1.29 is 9.90 Å². The van der Waals surface area contributed by atoms with Crippen LogP contribution in [0.2, 0.25) is 0 Å². The molecule has 1 aliphatic rings. The predicted molar refractivity (Wildman–Crippen MR) is 45.7 cm³/mol. The summed E-state index contributed by atoms with van der Waals surface area (Å²) in [4.78, 5) is 10.8. The Bertz CT molecular complexity index is 187. The van der Waals surface area contributed by atoms with Crippen LogP contribution in [0.1, 0.15) is 13.8 Å². The molecule has 0 bridgehead atoms. The molecule has 0 aromatic rings. The SMILES string of the molecule is CC(C)(C(=O)O)C1(N)CSC1. The van der Waals surface area contributed by atoms with Crippen molar-refractivity contribution in [3.63, 3.8) is 0 Å². The molecule has 11 heavy (non-hydrogen) atoms. The number of hydrogen-bond acceptors (Lipinski definition) is 3. The monoisotopic (exact) mass is 175 g/mol. The van der Waals surface area contributed by atoms with Gasteiger partial charge in [0.05, 0.1) is 5.41 Å². The number of nitrogens with two attached hydrogens (primary N) is 1. The molecule has 1 rings (SSSR count). The first kappa shape index (κ1) is 8.87. The first-order valence-corrected chi connectivity index (χ1v) is 4.66. The number of carboxylic acids is 1. The van der Waals surface area contributed by atoms with Crippen molar-refractivity contribution in [1.29, 1.82) is 0 Å². The highest BCUT2D eigenvalue weighted by atomic mass is 32.2. The van der Waals surface area contributed by atoms with E-state index in [2.05, 4.69) is 0 Å². The Hall–Kier alpha value is -0.220. The van der Waals surface area contributed by atoms with Crippen LogP contribution in [0.25, 0.3) is 0 Å². The topological polar surface area (TPSA) is 63.3 Å². The number of rotatable bonds is 2. The minimum absolute atomic E-state index is 0.497. The van der Waals surface area contributed by atoms with Gasteiger partial charge in [-0.2, -0.15) is 11.8 Å². The van der Waals surface area contributed by atoms with E-state index in [0.29, 0.717) is 0 Å². The number of thioether (sulfide) groups is 1. The quantitative estimate of drug-likeness (QED) is 0.643. The van der Waals surface area contributed by atoms with E-state index in [0.717, 1.165) is 11.5 Å². The molecule has 0 aliphatic carbocycles. The second-order valence-electron chi connectivity index (χ2n) is 3.58. The Morgan fingerprint density at radius 1 is 1.64 bits per heavy atom. The van der Waals surface area contributed by atoms with E-state index >= 15 is 0 Å². The fraction of sp³-hybridized carbons (Fsp3) is 0.857. The van der Waals surface area contributed by atoms with Gasteiger partial charge in [-0.3, -0.25) is 4.79 Å². The van der Waals surface area contributed by atoms with Crippen molar-refractivity contribution in [2.45, 2.75) is 19.4 Å². The van der Waals surface area contributed by atoms with Gasteiger partial charge < -0.3 is 10.8 Å². The second kappa shape index (κ2) is 2.38. The second-order valence-corrected chi connectivity index (χ2v) is 4.56. The molecule has 0 unspecified atom stereocenters. The molecule has 0 aromatic heterocycles. The number of hydrogen-bond donors (Lipinski definition) is 2. The third-order valence-electron chi connectivity index (χ3n) is 2.50. The molecule has 3 N–H and O–H groups in total. The normalized spacial score (nSPS) is 22.5. The van der Waals surface area contributed by atoms with Crippen LogP contribution in [0.15, 0.2) is 0 Å². The summed E-state index contributed by atoms with van der Waals surface area (Å²) in [7, 11) is 0. The zero-order valence-corrected chi connectivity index (χ0v) is 7.57. The highest BCUT2D eigenvalue weighted by Crippen LogP contribution is 2.41. The molecule has 3 nitrogen and oxygen atoms in total. The van der Waals surface area contributed by atoms with E-state index in [4.69, 9.17) is 10.8 Å². The lowest BCUT2D eigenvalue weighted by Gasteiger charge is -2.47. The third kappa shape index (κ3) is 1.14. The highest BCUT2D eigenvalue weighted by molar-refractivity contribution is 8.00. The van der Waals surface area contributed by atoms with Gasteiger partial charge in [-0.05, 0) is 13.8 Å². The molecule has 1 saturated heterocycles. The summed E-state index contributed by atoms with van der Waals surface area (Å²) in [5, 5.41) is 8.85. The zero-order chi connectivity index (χ0) is 8.70. The number of aliphatic carboxylic acids is 1. The molecule has 0 radical (unpaired) electrons. The molecule has 0 saturated carbocycles. The van der Waals surface area contributed by atoms with Gasteiger partial charge >= 0.3 is 5.97 Å². The fourth-order valence-corrected chi connectivity index (χ4v) is 2.26. The van der Waals surface area contributed by atoms with E-state index in [1.165, 1.54) is 0 Å². The Morgan fingerprint density at radius 3 is 2.18 bits per heavy atom. The van der Waals surface area contributed by atoms with Crippen molar-refractivity contribution in [3.8, 4) is 0 Å². The summed E-state index contributed by atoms with van der Waals surface area (Å²) in [6.07, 6.45) is 0. The van der Waals surface area contributed by atoms with E-state index in [-0.39, 0.29) is 0 Å². The molecule has 1 aliphatic heterocycles. The van der Waals surface area contributed by atoms with Crippen LogP contribution in [-0.2, 0) is 4.79 Å². The molecule has 64 valence electrons. The van der Waals surface area contributed by atoms with Crippen LogP contribution in [0.3, 0.4) is 0 Å². The molecule has 0 aromatic carbocycles. The predicted octanol–water partition coefficient (Wildman–Crippen LogP) is 0.542. The first-order valence-electron chi connectivity index (χ1n) is 3.50. The summed E-state index contributed by atoms with van der Waals surface area (Å²) >= 11 is 1.70. The van der Waals surface area contributed by atoms with Gasteiger partial charge in [-0.15, -0.1) is 0 Å². The van der Waals surface area contributed by atoms with Crippen LogP contribution < -0.4 is 5.73 Å². The summed E-state index contributed by atoms with van der Waals surface area (Å²) in [6, 6.07) is 0. The largest absolute Gasteiger partial charge is 0.481 e. The lowest BCUT2D eigenvalue weighted by molar-refractivity contribution is -0.150. The van der Waals surface area contributed by atoms with Gasteiger partial charge in [-0.1, -0.05) is 0 Å². The molecule has 0 amide bonds. The Labute approximate surface area is 70.3 Å². The lowest BCUT2D eigenvalue weighted by atomic mass is 9.74. The van der Waals surface area contributed by atoms with Crippen molar-refractivity contribution in [2.75, 3.05) is 11.5 Å². The van der Waals surface area contributed by atoms with Crippen molar-refractivity contribution in [1.82, 2.24) is 0 Å². The highest BCUT2D eigenvalue weighted by Gasteiger charge is 2.51. The van der Waals surface area contributed by atoms with E-state index in [1.54, 1.807) is 25.6 Å². The van der Waals surface area contributed by atoms with E-state index in [1.807, 2.05) is 0 Å². The van der Waals surface area contributed by atoms with Gasteiger partial charge in [0, 0.05) is 17.0 Å². The van der Waals surface area contributed by atoms with Crippen LogP contribution in [0.4, 0.5) is 0 Å². The van der Waals surface area contributed by atoms with Gasteiger partial charge in [0.2, 0.25) is 0 Å². The summed E-state index contributed by atoms with van der Waals surface area (Å²) in [5.74, 6) is 0.707. The van der Waals surface area contributed by atoms with Gasteiger partial charge in [0.25, 0.3) is 0 Å². The van der Waals surface area contributed by atoms with Crippen LogP contribution in [-0.4, -0.2) is 28.1 Å². The molecular formula is C7H13NO2S. The Morgan fingerprint density at radius 2 is 2.09 bits per heavy atom. The maximum absolute atomic E-state index is 10.8. The van der Waals surface area contributed by atoms with E-state index < -0.39 is 16.9 Å². The number of carboxylic acid groups (broad SMARTS) is 1. The molecule has 0 atom stereocenters. The average molecular weight is 175 g/mol. The molecule has 1 heterocycles. The average Bonchev–Trinajstić information content (AvgIpc) is 1.82. The molecule has 4 heteroatoms. The number of carbonyl (C=O) groups is 1. The summed E-state index contributed by atoms with van der Waals surface area (Å²) < 4.78 is 0. The zero-order valence-electron chi connectivity index (χ0n) is 6.76. The minimum atomic E-state index is -0.805. The van der Waals surface area contributed by atoms with Gasteiger partial charge in [-0.25, -0.2) is 0 Å². The van der Waals surface area contributed by atoms with E-state index in [9.17, 15) is 4.79 Å². The molecule has 1 fully saturated rings. The van der Waals surface area contributed by atoms with Crippen LogP contribution >= 0.6 is 11.8 Å². The Kier molecular flexibility index (Phi) is 1.92. The van der Waals surface area contributed by atoms with Crippen molar-refractivity contribution >= 4 is 17.7 Å². The smallest absolute Gasteiger partial charge is 0.311 e. The first-order chi connectivity index (χ1) is 4.90. The maximum atomic E-state index is 10.8. The fourth-order valence-electron chi connectivity index (χ4n) is 0.896. The van der Waals surface area contributed by atoms with Crippen LogP contribution in [0, 0.1) is 5.41 Å². The lowest BCUT2D eigenvalue weighted by Crippen LogP contribution is -2.64. The standard InChI is InChI=1S/C7H13NO2S/c1-6(2,5(9)10)7(8)3-11-4-7/h3-4,8H2,1-2H3,(H,9,10). The summed E-state index contributed by atoms with van der Waals surface area (Å²) in [6.45, 7) is 3.38. The van der Waals surface area contributed by atoms with Gasteiger partial charge in [0.15, 0.2) is 0 Å².